The van der Waals surface area contributed by atoms with Crippen molar-refractivity contribution in [3.63, 3.8) is 0 Å². The highest BCUT2D eigenvalue weighted by molar-refractivity contribution is 5.79. The number of amides is 1. The highest BCUT2D eigenvalue weighted by atomic mass is 16.5. The van der Waals surface area contributed by atoms with Crippen molar-refractivity contribution < 1.29 is 19.7 Å². The van der Waals surface area contributed by atoms with Gasteiger partial charge in [-0.3, -0.25) is 4.79 Å². The van der Waals surface area contributed by atoms with E-state index in [-0.39, 0.29) is 0 Å². The van der Waals surface area contributed by atoms with Crippen molar-refractivity contribution in [2.75, 3.05) is 7.11 Å². The summed E-state index contributed by atoms with van der Waals surface area (Å²) < 4.78 is 5.07. The number of ether oxygens (including phenoxy) is 1. The number of aryl methyl sites for hydroxylation is 1. The van der Waals surface area contributed by atoms with E-state index in [9.17, 15) is 15.0 Å². The molecule has 0 saturated heterocycles. The molecular weight excluding hydrogens is 210 g/mol. The number of carbonyl (C=O) groups is 1. The molecule has 1 aromatic carbocycles. The molecule has 5 heteroatoms. The van der Waals surface area contributed by atoms with Gasteiger partial charge in [-0.05, 0) is 24.1 Å². The highest BCUT2D eigenvalue weighted by Crippen LogP contribution is 2.24. The molecule has 0 aromatic heterocycles. The number of aliphatic hydroxyl groups is 2. The van der Waals surface area contributed by atoms with Crippen LogP contribution >= 0.6 is 0 Å². The molecule has 0 aliphatic heterocycles. The Hall–Kier alpha value is -1.59. The first kappa shape index (κ1) is 12.5. The molecule has 4 N–H and O–H groups in total. The largest absolute Gasteiger partial charge is 0.496 e. The van der Waals surface area contributed by atoms with Crippen molar-refractivity contribution in [3.05, 3.63) is 29.3 Å². The van der Waals surface area contributed by atoms with Gasteiger partial charge in [0.15, 0.2) is 6.10 Å². The normalized spacial score (nSPS) is 14.2. The molecule has 0 radical (unpaired) electrons. The Kier molecular flexibility index (Phi) is 3.87. The molecule has 0 saturated carbocycles. The summed E-state index contributed by atoms with van der Waals surface area (Å²) in [6, 6.07) is 4.89. The van der Waals surface area contributed by atoms with Crippen LogP contribution in [0.4, 0.5) is 0 Å². The lowest BCUT2D eigenvalue weighted by Crippen LogP contribution is -2.33. The summed E-state index contributed by atoms with van der Waals surface area (Å²) in [5.74, 6) is -0.389. The number of hydrogen-bond donors (Lipinski definition) is 3. The van der Waals surface area contributed by atoms with Crippen molar-refractivity contribution in [2.24, 2.45) is 5.73 Å². The SMILES string of the molecule is COc1cc(C(O)C(O)C(N)=O)ccc1C. The average molecular weight is 225 g/mol. The Morgan fingerprint density at radius 1 is 1.44 bits per heavy atom. The third-order valence-electron chi connectivity index (χ3n) is 2.36. The fourth-order valence-corrected chi connectivity index (χ4v) is 1.36. The van der Waals surface area contributed by atoms with Crippen molar-refractivity contribution in [1.29, 1.82) is 0 Å². The maximum Gasteiger partial charge on any atom is 0.249 e. The lowest BCUT2D eigenvalue weighted by Gasteiger charge is -2.16. The summed E-state index contributed by atoms with van der Waals surface area (Å²) in [4.78, 5) is 10.7. The third kappa shape index (κ3) is 2.50. The first-order chi connectivity index (χ1) is 7.47. The lowest BCUT2D eigenvalue weighted by molar-refractivity contribution is -0.131. The van der Waals surface area contributed by atoms with Crippen molar-refractivity contribution in [3.8, 4) is 5.75 Å². The third-order valence-corrected chi connectivity index (χ3v) is 2.36. The molecular formula is C11H15NO4. The van der Waals surface area contributed by atoms with Gasteiger partial charge < -0.3 is 20.7 Å². The van der Waals surface area contributed by atoms with E-state index < -0.39 is 18.1 Å². The van der Waals surface area contributed by atoms with Crippen LogP contribution in [0.3, 0.4) is 0 Å². The molecule has 2 atom stereocenters. The highest BCUT2D eigenvalue weighted by Gasteiger charge is 2.23. The second-order valence-electron chi connectivity index (χ2n) is 3.52. The van der Waals surface area contributed by atoms with Crippen molar-refractivity contribution >= 4 is 5.91 Å². The van der Waals surface area contributed by atoms with Crippen molar-refractivity contribution in [2.45, 2.75) is 19.1 Å². The number of carbonyl (C=O) groups excluding carboxylic acids is 1. The first-order valence-electron chi connectivity index (χ1n) is 4.77. The van der Waals surface area contributed by atoms with Crippen LogP contribution in [0.1, 0.15) is 17.2 Å². The first-order valence-corrected chi connectivity index (χ1v) is 4.77. The Morgan fingerprint density at radius 2 is 2.06 bits per heavy atom. The van der Waals surface area contributed by atoms with Gasteiger partial charge in [0.1, 0.15) is 11.9 Å². The number of aliphatic hydroxyl groups excluding tert-OH is 2. The zero-order valence-corrected chi connectivity index (χ0v) is 9.18. The number of nitrogens with two attached hydrogens (primary N) is 1. The second kappa shape index (κ2) is 4.96. The molecule has 1 amide bonds. The molecule has 1 aromatic rings. The van der Waals surface area contributed by atoms with Crippen LogP contribution < -0.4 is 10.5 Å². The molecule has 0 heterocycles. The van der Waals surface area contributed by atoms with Crippen LogP contribution in [0.25, 0.3) is 0 Å². The topological polar surface area (TPSA) is 92.8 Å². The van der Waals surface area contributed by atoms with Gasteiger partial charge in [0.05, 0.1) is 7.11 Å². The zero-order valence-electron chi connectivity index (χ0n) is 9.18. The fraction of sp³-hybridized carbons (Fsp3) is 0.364. The van der Waals surface area contributed by atoms with E-state index in [1.54, 1.807) is 18.2 Å². The maximum absolute atomic E-state index is 10.7. The van der Waals surface area contributed by atoms with Gasteiger partial charge in [-0.1, -0.05) is 12.1 Å². The van der Waals surface area contributed by atoms with Gasteiger partial charge >= 0.3 is 0 Å². The standard InChI is InChI=1S/C11H15NO4/c1-6-3-4-7(5-8(6)16-2)9(13)10(14)11(12)15/h3-5,9-10,13-14H,1-2H3,(H2,12,15). The van der Waals surface area contributed by atoms with Gasteiger partial charge in [0.25, 0.3) is 0 Å². The van der Waals surface area contributed by atoms with E-state index in [1.165, 1.54) is 7.11 Å². The molecule has 16 heavy (non-hydrogen) atoms. The Morgan fingerprint density at radius 3 is 2.56 bits per heavy atom. The second-order valence-corrected chi connectivity index (χ2v) is 3.52. The van der Waals surface area contributed by atoms with E-state index >= 15 is 0 Å². The summed E-state index contributed by atoms with van der Waals surface area (Å²) in [5.41, 5.74) is 6.17. The van der Waals surface area contributed by atoms with E-state index in [2.05, 4.69) is 0 Å². The Bertz CT molecular complexity index is 392. The minimum Gasteiger partial charge on any atom is -0.496 e. The van der Waals surface area contributed by atoms with Crippen molar-refractivity contribution in [1.82, 2.24) is 0 Å². The Labute approximate surface area is 93.5 Å². The van der Waals surface area contributed by atoms with Crippen LogP contribution in [0.5, 0.6) is 5.75 Å². The fourth-order valence-electron chi connectivity index (χ4n) is 1.36. The Balaban J connectivity index is 3.00. The van der Waals surface area contributed by atoms with Crippen LogP contribution in [-0.4, -0.2) is 29.3 Å². The molecule has 1 rings (SSSR count). The number of rotatable bonds is 4. The summed E-state index contributed by atoms with van der Waals surface area (Å²) in [6.45, 7) is 1.85. The number of benzene rings is 1. The number of hydrogen-bond acceptors (Lipinski definition) is 4. The summed E-state index contributed by atoms with van der Waals surface area (Å²) >= 11 is 0. The predicted molar refractivity (Wildman–Crippen MR) is 57.9 cm³/mol. The number of methoxy groups -OCH3 is 1. The monoisotopic (exact) mass is 225 g/mol. The molecule has 0 aliphatic carbocycles. The van der Waals surface area contributed by atoms with E-state index in [4.69, 9.17) is 10.5 Å². The van der Waals surface area contributed by atoms with Crippen LogP contribution in [0.2, 0.25) is 0 Å². The summed E-state index contributed by atoms with van der Waals surface area (Å²) in [7, 11) is 1.50. The molecule has 2 unspecified atom stereocenters. The molecule has 0 fully saturated rings. The van der Waals surface area contributed by atoms with Crippen LogP contribution in [0, 0.1) is 6.92 Å². The van der Waals surface area contributed by atoms with Gasteiger partial charge in [-0.2, -0.15) is 0 Å². The molecule has 88 valence electrons. The van der Waals surface area contributed by atoms with Crippen LogP contribution in [0.15, 0.2) is 18.2 Å². The number of primary amides is 1. The van der Waals surface area contributed by atoms with Gasteiger partial charge in [0.2, 0.25) is 5.91 Å². The summed E-state index contributed by atoms with van der Waals surface area (Å²) in [5, 5.41) is 19.0. The van der Waals surface area contributed by atoms with E-state index in [0.29, 0.717) is 11.3 Å². The predicted octanol–water partition coefficient (Wildman–Crippen LogP) is -0.117. The molecule has 0 aliphatic rings. The smallest absolute Gasteiger partial charge is 0.249 e. The van der Waals surface area contributed by atoms with Gasteiger partial charge in [0, 0.05) is 0 Å². The van der Waals surface area contributed by atoms with E-state index in [0.717, 1.165) is 5.56 Å². The summed E-state index contributed by atoms with van der Waals surface area (Å²) in [6.07, 6.45) is -2.96. The van der Waals surface area contributed by atoms with Gasteiger partial charge in [-0.25, -0.2) is 0 Å². The quantitative estimate of drug-likeness (QED) is 0.666. The van der Waals surface area contributed by atoms with Gasteiger partial charge in [-0.15, -0.1) is 0 Å². The maximum atomic E-state index is 10.7. The lowest BCUT2D eigenvalue weighted by atomic mass is 10.0. The molecule has 0 bridgehead atoms. The van der Waals surface area contributed by atoms with Crippen LogP contribution in [-0.2, 0) is 4.79 Å². The minimum absolute atomic E-state index is 0.383. The molecule has 0 spiro atoms. The minimum atomic E-state index is -1.62. The molecule has 5 nitrogen and oxygen atoms in total. The van der Waals surface area contributed by atoms with E-state index in [1.807, 2.05) is 6.92 Å². The average Bonchev–Trinajstić information content (AvgIpc) is 2.27. The zero-order chi connectivity index (χ0) is 12.3.